The smallest absolute Gasteiger partial charge is 0.164 e. The third-order valence-electron chi connectivity index (χ3n) is 10.2. The van der Waals surface area contributed by atoms with Gasteiger partial charge in [0.15, 0.2) is 17.5 Å². The fourth-order valence-corrected chi connectivity index (χ4v) is 7.85. The highest BCUT2D eigenvalue weighted by molar-refractivity contribution is 6.09. The maximum Gasteiger partial charge on any atom is 0.164 e. The average molecular weight is 633 g/mol. The zero-order valence-electron chi connectivity index (χ0n) is 27.3. The van der Waals surface area contributed by atoms with E-state index in [0.717, 1.165) is 16.7 Å². The molecule has 4 heteroatoms. The summed E-state index contributed by atoms with van der Waals surface area (Å²) in [6, 6.07) is 56.1. The lowest BCUT2D eigenvalue weighted by Crippen LogP contribution is -2.16. The first-order valence-corrected chi connectivity index (χ1v) is 17.4. The monoisotopic (exact) mass is 632 g/mol. The van der Waals surface area contributed by atoms with Crippen LogP contribution in [0.4, 0.5) is 0 Å². The van der Waals surface area contributed by atoms with E-state index in [9.17, 15) is 0 Å². The first kappa shape index (κ1) is 29.3. The van der Waals surface area contributed by atoms with Gasteiger partial charge in [0.1, 0.15) is 0 Å². The van der Waals surface area contributed by atoms with Gasteiger partial charge in [0, 0.05) is 33.2 Å². The Morgan fingerprint density at radius 3 is 1.45 bits per heavy atom. The van der Waals surface area contributed by atoms with Crippen molar-refractivity contribution in [3.8, 4) is 39.9 Å². The van der Waals surface area contributed by atoms with E-state index in [4.69, 9.17) is 15.0 Å². The highest BCUT2D eigenvalue weighted by Gasteiger charge is 2.28. The van der Waals surface area contributed by atoms with Crippen LogP contribution in [0.5, 0.6) is 0 Å². The van der Waals surface area contributed by atoms with Crippen molar-refractivity contribution in [2.45, 2.75) is 37.5 Å². The minimum atomic E-state index is 0.428. The number of fused-ring (bicyclic) bond motifs is 3. The number of aromatic nitrogens is 4. The molecule has 49 heavy (non-hydrogen) atoms. The highest BCUT2D eigenvalue weighted by atomic mass is 15.0. The molecule has 2 aromatic heterocycles. The molecule has 6 aromatic carbocycles. The van der Waals surface area contributed by atoms with Gasteiger partial charge in [-0.25, -0.2) is 15.0 Å². The van der Waals surface area contributed by atoms with Gasteiger partial charge in [-0.05, 0) is 66.1 Å². The lowest BCUT2D eigenvalue weighted by molar-refractivity contribution is 0.386. The summed E-state index contributed by atoms with van der Waals surface area (Å²) >= 11 is 0. The van der Waals surface area contributed by atoms with Crippen LogP contribution in [0.15, 0.2) is 158 Å². The quantitative estimate of drug-likeness (QED) is 0.183. The van der Waals surface area contributed by atoms with Gasteiger partial charge in [0.2, 0.25) is 0 Å². The van der Waals surface area contributed by atoms with Crippen LogP contribution in [0, 0.1) is 0 Å². The van der Waals surface area contributed by atoms with E-state index >= 15 is 0 Å². The number of benzene rings is 6. The summed E-state index contributed by atoms with van der Waals surface area (Å²) < 4.78 is 2.40. The maximum absolute atomic E-state index is 5.02. The summed E-state index contributed by atoms with van der Waals surface area (Å²) in [7, 11) is 0. The Hall–Kier alpha value is -5.87. The lowest BCUT2D eigenvalue weighted by Gasteiger charge is -2.33. The predicted octanol–water partition coefficient (Wildman–Crippen LogP) is 11.4. The van der Waals surface area contributed by atoms with Crippen LogP contribution in [0.1, 0.15) is 48.6 Å². The molecule has 2 atom stereocenters. The zero-order valence-corrected chi connectivity index (χ0v) is 27.3. The second-order valence-electron chi connectivity index (χ2n) is 13.1. The van der Waals surface area contributed by atoms with Gasteiger partial charge >= 0.3 is 0 Å². The molecule has 1 saturated carbocycles. The third-order valence-corrected chi connectivity index (χ3v) is 10.2. The second-order valence-corrected chi connectivity index (χ2v) is 13.1. The molecule has 0 bridgehead atoms. The van der Waals surface area contributed by atoms with E-state index in [1.54, 1.807) is 0 Å². The Kier molecular flexibility index (Phi) is 7.55. The van der Waals surface area contributed by atoms with Crippen molar-refractivity contribution in [1.29, 1.82) is 0 Å². The molecule has 1 fully saturated rings. The first-order chi connectivity index (χ1) is 24.3. The summed E-state index contributed by atoms with van der Waals surface area (Å²) in [5, 5.41) is 2.58. The zero-order chi connectivity index (χ0) is 32.6. The van der Waals surface area contributed by atoms with Crippen molar-refractivity contribution < 1.29 is 0 Å². The van der Waals surface area contributed by atoms with Crippen LogP contribution in [-0.2, 0) is 0 Å². The Morgan fingerprint density at radius 1 is 0.408 bits per heavy atom. The van der Waals surface area contributed by atoms with Crippen LogP contribution in [-0.4, -0.2) is 19.5 Å². The molecule has 0 saturated heterocycles. The normalized spacial score (nSPS) is 16.2. The average Bonchev–Trinajstić information content (AvgIpc) is 3.53. The Morgan fingerprint density at radius 2 is 0.878 bits per heavy atom. The number of hydrogen-bond donors (Lipinski definition) is 0. The highest BCUT2D eigenvalue weighted by Crippen LogP contribution is 2.45. The van der Waals surface area contributed by atoms with Crippen LogP contribution < -0.4 is 0 Å². The van der Waals surface area contributed by atoms with Gasteiger partial charge in [-0.3, -0.25) is 0 Å². The summed E-state index contributed by atoms with van der Waals surface area (Å²) in [5.41, 5.74) is 9.46. The number of nitrogens with zero attached hydrogens (tertiary/aromatic N) is 4. The van der Waals surface area contributed by atoms with E-state index in [0.29, 0.717) is 29.3 Å². The topological polar surface area (TPSA) is 43.6 Å². The van der Waals surface area contributed by atoms with Gasteiger partial charge < -0.3 is 4.57 Å². The predicted molar refractivity (Wildman–Crippen MR) is 201 cm³/mol. The fourth-order valence-electron chi connectivity index (χ4n) is 7.85. The molecular weight excluding hydrogens is 597 g/mol. The minimum Gasteiger partial charge on any atom is -0.309 e. The van der Waals surface area contributed by atoms with Gasteiger partial charge in [0.05, 0.1) is 11.0 Å². The summed E-state index contributed by atoms with van der Waals surface area (Å²) in [5.74, 6) is 2.96. The molecule has 2 heterocycles. The van der Waals surface area contributed by atoms with Crippen molar-refractivity contribution in [3.63, 3.8) is 0 Å². The van der Waals surface area contributed by atoms with Crippen molar-refractivity contribution in [2.75, 3.05) is 0 Å². The molecule has 4 nitrogen and oxygen atoms in total. The molecule has 0 radical (unpaired) electrons. The van der Waals surface area contributed by atoms with Crippen molar-refractivity contribution in [2.24, 2.45) is 0 Å². The molecular formula is C45H36N4. The number of para-hydroxylation sites is 2. The standard InChI is InChI=1S/C45H36N4/c1-3-14-32(15-4-1)43-46-44(33-16-5-2-6-17-33)48-45(47-43)35-19-13-18-34(30-35)38-21-8-7-20-37(38)31-26-28-36(29-27-31)49-41-24-11-9-22-39(41)40-23-10-12-25-42(40)49/h1-6,9-19,22-30,37-38H,7-8,20-21H2/t37-,38?/m1/s1. The fraction of sp³-hybridized carbons (Fsp3) is 0.133. The maximum atomic E-state index is 5.02. The van der Waals surface area contributed by atoms with Crippen molar-refractivity contribution in [3.05, 3.63) is 169 Å². The van der Waals surface area contributed by atoms with Gasteiger partial charge in [-0.2, -0.15) is 0 Å². The Balaban J connectivity index is 1.07. The SMILES string of the molecule is c1ccc(-c2nc(-c3ccccc3)nc(-c3cccc(C4CCCC[C@@H]4c4ccc(-n5c6ccccc6c6ccccc65)cc4)c3)n2)cc1. The molecule has 8 aromatic rings. The van der Waals surface area contributed by atoms with Gasteiger partial charge in [-0.15, -0.1) is 0 Å². The molecule has 236 valence electrons. The molecule has 1 aliphatic rings. The Bertz CT molecular complexity index is 2280. The van der Waals surface area contributed by atoms with Gasteiger partial charge in [0.25, 0.3) is 0 Å². The molecule has 0 amide bonds. The summed E-state index contributed by atoms with van der Waals surface area (Å²) in [6.45, 7) is 0. The summed E-state index contributed by atoms with van der Waals surface area (Å²) in [4.78, 5) is 14.9. The second kappa shape index (κ2) is 12.6. The molecule has 1 unspecified atom stereocenters. The van der Waals surface area contributed by atoms with Crippen LogP contribution >= 0.6 is 0 Å². The van der Waals surface area contributed by atoms with E-state index < -0.39 is 0 Å². The molecule has 0 N–H and O–H groups in total. The van der Waals surface area contributed by atoms with E-state index in [2.05, 4.69) is 126 Å². The minimum absolute atomic E-state index is 0.428. The third kappa shape index (κ3) is 5.49. The lowest BCUT2D eigenvalue weighted by atomic mass is 9.72. The number of hydrogen-bond acceptors (Lipinski definition) is 3. The van der Waals surface area contributed by atoms with Crippen LogP contribution in [0.2, 0.25) is 0 Å². The van der Waals surface area contributed by atoms with Gasteiger partial charge in [-0.1, -0.05) is 140 Å². The van der Waals surface area contributed by atoms with Crippen molar-refractivity contribution in [1.82, 2.24) is 19.5 Å². The van der Waals surface area contributed by atoms with Crippen LogP contribution in [0.3, 0.4) is 0 Å². The molecule has 0 spiro atoms. The van der Waals surface area contributed by atoms with E-state index in [1.165, 1.54) is 64.3 Å². The molecule has 0 aliphatic heterocycles. The summed E-state index contributed by atoms with van der Waals surface area (Å²) in [6.07, 6.45) is 4.85. The first-order valence-electron chi connectivity index (χ1n) is 17.4. The Labute approximate surface area is 286 Å². The molecule has 9 rings (SSSR count). The van der Waals surface area contributed by atoms with E-state index in [1.807, 2.05) is 36.4 Å². The molecule has 1 aliphatic carbocycles. The number of rotatable bonds is 6. The largest absolute Gasteiger partial charge is 0.309 e. The van der Waals surface area contributed by atoms with Crippen molar-refractivity contribution >= 4 is 21.8 Å². The van der Waals surface area contributed by atoms with Crippen LogP contribution in [0.25, 0.3) is 61.7 Å². The van der Waals surface area contributed by atoms with E-state index in [-0.39, 0.29) is 0 Å².